The number of sulfonamides is 1. The molecule has 0 fully saturated rings. The van der Waals surface area contributed by atoms with E-state index in [-0.39, 0.29) is 17.5 Å². The van der Waals surface area contributed by atoms with Crippen molar-refractivity contribution in [2.24, 2.45) is 5.14 Å². The number of phenols is 1. The Morgan fingerprint density at radius 3 is 2.19 bits per heavy atom. The van der Waals surface area contributed by atoms with Crippen molar-refractivity contribution in [1.29, 1.82) is 0 Å². The van der Waals surface area contributed by atoms with E-state index in [1.165, 1.54) is 0 Å². The lowest BCUT2D eigenvalue weighted by atomic mass is 10.1. The lowest BCUT2D eigenvalue weighted by Crippen LogP contribution is -2.14. The van der Waals surface area contributed by atoms with Crippen LogP contribution in [0.3, 0.4) is 0 Å². The van der Waals surface area contributed by atoms with Crippen molar-refractivity contribution in [3.8, 4) is 5.75 Å². The Balaban J connectivity index is 2.04. The molecule has 0 heterocycles. The van der Waals surface area contributed by atoms with Crippen LogP contribution in [0.2, 0.25) is 0 Å². The van der Waals surface area contributed by atoms with Gasteiger partial charge in [-0.2, -0.15) is 0 Å². The zero-order chi connectivity index (χ0) is 15.5. The highest BCUT2D eigenvalue weighted by Crippen LogP contribution is 2.21. The van der Waals surface area contributed by atoms with Crippen LogP contribution in [0.25, 0.3) is 0 Å². The minimum absolute atomic E-state index is 0.0645. The normalized spacial score (nSPS) is 12.9. The first-order chi connectivity index (χ1) is 9.83. The van der Waals surface area contributed by atoms with E-state index in [0.29, 0.717) is 5.56 Å². The topological polar surface area (TPSA) is 92.4 Å². The first kappa shape index (κ1) is 15.3. The fraction of sp³-hybridized carbons (Fsp3) is 0.200. The number of nitrogens with one attached hydrogen (secondary N) is 1. The summed E-state index contributed by atoms with van der Waals surface area (Å²) in [6.07, 6.45) is 0. The highest BCUT2D eigenvalue weighted by Gasteiger charge is 2.07. The molecule has 21 heavy (non-hydrogen) atoms. The molecule has 0 aliphatic carbocycles. The van der Waals surface area contributed by atoms with Gasteiger partial charge in [-0.25, -0.2) is 13.6 Å². The molecule has 2 rings (SSSR count). The fourth-order valence-corrected chi connectivity index (χ4v) is 2.68. The van der Waals surface area contributed by atoms with Crippen molar-refractivity contribution in [3.05, 3.63) is 59.7 Å². The Labute approximate surface area is 124 Å². The molecule has 1 unspecified atom stereocenters. The summed E-state index contributed by atoms with van der Waals surface area (Å²) < 4.78 is 22.0. The molecule has 0 aromatic heterocycles. The van der Waals surface area contributed by atoms with Crippen LogP contribution in [-0.4, -0.2) is 13.5 Å². The van der Waals surface area contributed by atoms with E-state index in [1.807, 2.05) is 31.2 Å². The third-order valence-electron chi connectivity index (χ3n) is 3.10. The third kappa shape index (κ3) is 4.77. The van der Waals surface area contributed by atoms with E-state index < -0.39 is 10.0 Å². The van der Waals surface area contributed by atoms with Gasteiger partial charge in [-0.3, -0.25) is 0 Å². The zero-order valence-corrected chi connectivity index (χ0v) is 12.5. The lowest BCUT2D eigenvalue weighted by Gasteiger charge is -2.16. The van der Waals surface area contributed by atoms with Crippen molar-refractivity contribution in [2.45, 2.75) is 18.7 Å². The Morgan fingerprint density at radius 1 is 1.10 bits per heavy atom. The Bertz CT molecular complexity index is 695. The van der Waals surface area contributed by atoms with Gasteiger partial charge in [0.05, 0.1) is 5.75 Å². The molecule has 0 spiro atoms. The van der Waals surface area contributed by atoms with E-state index in [9.17, 15) is 13.5 Å². The molecule has 0 saturated heterocycles. The lowest BCUT2D eigenvalue weighted by molar-refractivity contribution is 0.475. The highest BCUT2D eigenvalue weighted by atomic mass is 32.2. The second-order valence-corrected chi connectivity index (χ2v) is 6.58. The Morgan fingerprint density at radius 2 is 1.67 bits per heavy atom. The summed E-state index contributed by atoms with van der Waals surface area (Å²) in [5.74, 6) is 0.0687. The maximum atomic E-state index is 11.0. The molecular formula is C15H18N2O3S. The molecular weight excluding hydrogens is 288 g/mol. The standard InChI is InChI=1S/C15H18N2O3S/c1-11(13-4-8-15(18)9-5-13)17-14-6-2-12(3-7-14)10-21(16,19)20/h2-9,11,17-18H,10H2,1H3,(H2,16,19,20). The van der Waals surface area contributed by atoms with Gasteiger partial charge in [0.15, 0.2) is 0 Å². The molecule has 0 amide bonds. The van der Waals surface area contributed by atoms with Crippen molar-refractivity contribution < 1.29 is 13.5 Å². The summed E-state index contributed by atoms with van der Waals surface area (Å²) in [6.45, 7) is 2.00. The van der Waals surface area contributed by atoms with Gasteiger partial charge < -0.3 is 10.4 Å². The molecule has 0 aliphatic rings. The van der Waals surface area contributed by atoms with Crippen LogP contribution in [0.4, 0.5) is 5.69 Å². The number of primary sulfonamides is 1. The molecule has 0 saturated carbocycles. The summed E-state index contributed by atoms with van der Waals surface area (Å²) in [7, 11) is -3.50. The third-order valence-corrected chi connectivity index (χ3v) is 3.83. The molecule has 6 heteroatoms. The van der Waals surface area contributed by atoms with Crippen LogP contribution in [-0.2, 0) is 15.8 Å². The van der Waals surface area contributed by atoms with Gasteiger partial charge in [0, 0.05) is 11.7 Å². The monoisotopic (exact) mass is 306 g/mol. The van der Waals surface area contributed by atoms with Crippen LogP contribution in [0.15, 0.2) is 48.5 Å². The smallest absolute Gasteiger partial charge is 0.213 e. The minimum Gasteiger partial charge on any atom is -0.508 e. The molecule has 0 bridgehead atoms. The van der Waals surface area contributed by atoms with Crippen molar-refractivity contribution in [1.82, 2.24) is 0 Å². The van der Waals surface area contributed by atoms with Crippen LogP contribution >= 0.6 is 0 Å². The van der Waals surface area contributed by atoms with E-state index in [2.05, 4.69) is 5.32 Å². The van der Waals surface area contributed by atoms with Crippen molar-refractivity contribution >= 4 is 15.7 Å². The SMILES string of the molecule is CC(Nc1ccc(CS(N)(=O)=O)cc1)c1ccc(O)cc1. The number of phenolic OH excluding ortho intramolecular Hbond substituents is 1. The van der Waals surface area contributed by atoms with Gasteiger partial charge >= 0.3 is 0 Å². The van der Waals surface area contributed by atoms with E-state index in [0.717, 1.165) is 11.3 Å². The van der Waals surface area contributed by atoms with Gasteiger partial charge in [0.2, 0.25) is 10.0 Å². The molecule has 0 aliphatic heterocycles. The molecule has 5 nitrogen and oxygen atoms in total. The molecule has 112 valence electrons. The van der Waals surface area contributed by atoms with Gasteiger partial charge in [0.25, 0.3) is 0 Å². The largest absolute Gasteiger partial charge is 0.508 e. The van der Waals surface area contributed by atoms with E-state index in [4.69, 9.17) is 5.14 Å². The van der Waals surface area contributed by atoms with Crippen LogP contribution in [0, 0.1) is 0 Å². The van der Waals surface area contributed by atoms with E-state index in [1.54, 1.807) is 24.3 Å². The summed E-state index contributed by atoms with van der Waals surface area (Å²) in [4.78, 5) is 0. The molecule has 2 aromatic carbocycles. The van der Waals surface area contributed by atoms with Crippen molar-refractivity contribution in [3.63, 3.8) is 0 Å². The first-order valence-corrected chi connectivity index (χ1v) is 8.20. The number of rotatable bonds is 5. The van der Waals surface area contributed by atoms with Crippen LogP contribution in [0.1, 0.15) is 24.1 Å². The molecule has 1 atom stereocenters. The van der Waals surface area contributed by atoms with Crippen LogP contribution in [0.5, 0.6) is 5.75 Å². The van der Waals surface area contributed by atoms with Crippen molar-refractivity contribution in [2.75, 3.05) is 5.32 Å². The number of aromatic hydroxyl groups is 1. The number of hydrogen-bond donors (Lipinski definition) is 3. The molecule has 0 radical (unpaired) electrons. The maximum absolute atomic E-state index is 11.0. The summed E-state index contributed by atoms with van der Waals surface area (Å²) >= 11 is 0. The van der Waals surface area contributed by atoms with Gasteiger partial charge in [-0.15, -0.1) is 0 Å². The zero-order valence-electron chi connectivity index (χ0n) is 11.7. The maximum Gasteiger partial charge on any atom is 0.213 e. The van der Waals surface area contributed by atoms with E-state index >= 15 is 0 Å². The highest BCUT2D eigenvalue weighted by molar-refractivity contribution is 7.88. The second kappa shape index (κ2) is 6.15. The summed E-state index contributed by atoms with van der Waals surface area (Å²) in [5, 5.41) is 17.6. The first-order valence-electron chi connectivity index (χ1n) is 6.48. The second-order valence-electron chi connectivity index (χ2n) is 4.96. The minimum atomic E-state index is -3.50. The number of anilines is 1. The predicted octanol–water partition coefficient (Wildman–Crippen LogP) is 2.35. The number of benzene rings is 2. The average Bonchev–Trinajstić information content (AvgIpc) is 2.40. The number of nitrogens with two attached hydrogens (primary N) is 1. The quantitative estimate of drug-likeness (QED) is 0.790. The Hall–Kier alpha value is -2.05. The van der Waals surface area contributed by atoms with Crippen LogP contribution < -0.4 is 10.5 Å². The molecule has 2 aromatic rings. The Kier molecular flexibility index (Phi) is 4.50. The van der Waals surface area contributed by atoms with Gasteiger partial charge in [-0.05, 0) is 42.3 Å². The number of hydrogen-bond acceptors (Lipinski definition) is 4. The molecule has 4 N–H and O–H groups in total. The van der Waals surface area contributed by atoms with Gasteiger partial charge in [-0.1, -0.05) is 24.3 Å². The summed E-state index contributed by atoms with van der Waals surface area (Å²) in [6, 6.07) is 14.1. The average molecular weight is 306 g/mol. The van der Waals surface area contributed by atoms with Gasteiger partial charge in [0.1, 0.15) is 5.75 Å². The summed E-state index contributed by atoms with van der Waals surface area (Å²) in [5.41, 5.74) is 2.58. The predicted molar refractivity (Wildman–Crippen MR) is 83.4 cm³/mol. The fourth-order valence-electron chi connectivity index (χ4n) is 2.03.